The van der Waals surface area contributed by atoms with E-state index in [0.717, 1.165) is 12.8 Å². The van der Waals surface area contributed by atoms with E-state index >= 15 is 0 Å². The van der Waals surface area contributed by atoms with Gasteiger partial charge in [-0.25, -0.2) is 0 Å². The number of carbonyl (C=O) groups excluding carboxylic acids is 2. The molecule has 0 spiro atoms. The van der Waals surface area contributed by atoms with Gasteiger partial charge in [0.2, 0.25) is 6.29 Å². The SMILES string of the molecule is O=CC(=O)NC1CCC1. The lowest BCUT2D eigenvalue weighted by molar-refractivity contribution is -0.132. The fourth-order valence-electron chi connectivity index (χ4n) is 0.788. The predicted octanol–water partition coefficient (Wildman–Crippen LogP) is -0.146. The van der Waals surface area contributed by atoms with Crippen LogP contribution < -0.4 is 5.32 Å². The summed E-state index contributed by atoms with van der Waals surface area (Å²) in [5.41, 5.74) is 0. The molecule has 0 aromatic carbocycles. The van der Waals surface area contributed by atoms with E-state index in [1.807, 2.05) is 0 Å². The minimum absolute atomic E-state index is 0.280. The molecule has 3 heteroatoms. The second kappa shape index (κ2) is 2.62. The van der Waals surface area contributed by atoms with Crippen molar-refractivity contribution in [3.63, 3.8) is 0 Å². The Bertz CT molecular complexity index is 129. The number of carbonyl (C=O) groups is 2. The van der Waals surface area contributed by atoms with Crippen molar-refractivity contribution in [2.45, 2.75) is 25.3 Å². The van der Waals surface area contributed by atoms with Gasteiger partial charge in [-0.1, -0.05) is 0 Å². The summed E-state index contributed by atoms with van der Waals surface area (Å²) < 4.78 is 0. The van der Waals surface area contributed by atoms with Crippen molar-refractivity contribution in [3.8, 4) is 0 Å². The maximum Gasteiger partial charge on any atom is 0.284 e. The van der Waals surface area contributed by atoms with E-state index in [0.29, 0.717) is 6.29 Å². The highest BCUT2D eigenvalue weighted by Gasteiger charge is 2.18. The van der Waals surface area contributed by atoms with E-state index in [4.69, 9.17) is 0 Å². The molecule has 0 bridgehead atoms. The summed E-state index contributed by atoms with van der Waals surface area (Å²) in [7, 11) is 0. The topological polar surface area (TPSA) is 46.2 Å². The zero-order valence-electron chi connectivity index (χ0n) is 5.09. The standard InChI is InChI=1S/C6H9NO2/c8-4-6(9)7-5-2-1-3-5/h4-5H,1-3H2,(H,7,9). The van der Waals surface area contributed by atoms with E-state index in [1.165, 1.54) is 6.42 Å². The Morgan fingerprint density at radius 1 is 1.56 bits per heavy atom. The maximum atomic E-state index is 10.3. The van der Waals surface area contributed by atoms with Gasteiger partial charge in [-0.2, -0.15) is 0 Å². The van der Waals surface area contributed by atoms with E-state index in [2.05, 4.69) is 5.32 Å². The summed E-state index contributed by atoms with van der Waals surface area (Å²) in [5, 5.41) is 2.56. The molecule has 1 saturated carbocycles. The van der Waals surface area contributed by atoms with Gasteiger partial charge >= 0.3 is 0 Å². The van der Waals surface area contributed by atoms with Crippen LogP contribution in [0.1, 0.15) is 19.3 Å². The van der Waals surface area contributed by atoms with Crippen molar-refractivity contribution in [1.29, 1.82) is 0 Å². The van der Waals surface area contributed by atoms with Crippen LogP contribution in [0.3, 0.4) is 0 Å². The van der Waals surface area contributed by atoms with Crippen LogP contribution in [-0.4, -0.2) is 18.2 Å². The zero-order valence-corrected chi connectivity index (χ0v) is 5.09. The number of amides is 1. The van der Waals surface area contributed by atoms with Crippen molar-refractivity contribution < 1.29 is 9.59 Å². The second-order valence-electron chi connectivity index (χ2n) is 2.25. The van der Waals surface area contributed by atoms with Gasteiger partial charge in [-0.05, 0) is 19.3 Å². The smallest absolute Gasteiger partial charge is 0.284 e. The Morgan fingerprint density at radius 2 is 2.22 bits per heavy atom. The van der Waals surface area contributed by atoms with E-state index in [-0.39, 0.29) is 6.04 Å². The third kappa shape index (κ3) is 1.52. The summed E-state index contributed by atoms with van der Waals surface area (Å²) in [5.74, 6) is -0.486. The molecule has 0 aromatic rings. The first kappa shape index (κ1) is 6.26. The van der Waals surface area contributed by atoms with Gasteiger partial charge in [-0.3, -0.25) is 9.59 Å². The van der Waals surface area contributed by atoms with Crippen LogP contribution in [-0.2, 0) is 9.59 Å². The molecule has 1 aliphatic carbocycles. The summed E-state index contributed by atoms with van der Waals surface area (Å²) in [4.78, 5) is 20.1. The average Bonchev–Trinajstić information content (AvgIpc) is 1.78. The minimum Gasteiger partial charge on any atom is -0.347 e. The van der Waals surface area contributed by atoms with E-state index in [1.54, 1.807) is 0 Å². The molecular weight excluding hydrogens is 118 g/mol. The highest BCUT2D eigenvalue weighted by atomic mass is 16.2. The van der Waals surface area contributed by atoms with Crippen molar-refractivity contribution in [2.75, 3.05) is 0 Å². The van der Waals surface area contributed by atoms with Crippen LogP contribution in [0.2, 0.25) is 0 Å². The minimum atomic E-state index is -0.486. The van der Waals surface area contributed by atoms with Crippen LogP contribution in [0, 0.1) is 0 Å². The number of rotatable bonds is 2. The van der Waals surface area contributed by atoms with Gasteiger partial charge in [0.15, 0.2) is 0 Å². The molecule has 1 aliphatic rings. The first-order chi connectivity index (χ1) is 4.33. The summed E-state index contributed by atoms with van der Waals surface area (Å²) >= 11 is 0. The van der Waals surface area contributed by atoms with Crippen molar-refractivity contribution in [2.24, 2.45) is 0 Å². The number of hydrogen-bond donors (Lipinski definition) is 1. The molecule has 50 valence electrons. The lowest BCUT2D eigenvalue weighted by Gasteiger charge is -2.24. The molecule has 3 nitrogen and oxygen atoms in total. The maximum absolute atomic E-state index is 10.3. The zero-order chi connectivity index (χ0) is 6.69. The fourth-order valence-corrected chi connectivity index (χ4v) is 0.788. The Labute approximate surface area is 53.4 Å². The quantitative estimate of drug-likeness (QED) is 0.414. The van der Waals surface area contributed by atoms with Crippen LogP contribution >= 0.6 is 0 Å². The average molecular weight is 127 g/mol. The Kier molecular flexibility index (Phi) is 1.82. The Balaban J connectivity index is 2.16. The second-order valence-corrected chi connectivity index (χ2v) is 2.25. The lowest BCUT2D eigenvalue weighted by Crippen LogP contribution is -2.39. The molecule has 0 radical (unpaired) electrons. The summed E-state index contributed by atoms with van der Waals surface area (Å²) in [6, 6.07) is 0.280. The van der Waals surface area contributed by atoms with Crippen molar-refractivity contribution >= 4 is 12.2 Å². The molecule has 9 heavy (non-hydrogen) atoms. The molecule has 0 unspecified atom stereocenters. The third-order valence-electron chi connectivity index (χ3n) is 1.56. The molecule has 0 saturated heterocycles. The number of nitrogens with one attached hydrogen (secondary N) is 1. The molecule has 1 N–H and O–H groups in total. The van der Waals surface area contributed by atoms with Crippen LogP contribution in [0.5, 0.6) is 0 Å². The fraction of sp³-hybridized carbons (Fsp3) is 0.667. The summed E-state index contributed by atoms with van der Waals surface area (Å²) in [6.07, 6.45) is 3.54. The number of aldehydes is 1. The van der Waals surface area contributed by atoms with Gasteiger partial charge in [-0.15, -0.1) is 0 Å². The highest BCUT2D eigenvalue weighted by Crippen LogP contribution is 2.17. The van der Waals surface area contributed by atoms with Crippen molar-refractivity contribution in [1.82, 2.24) is 5.32 Å². The lowest BCUT2D eigenvalue weighted by atomic mass is 9.93. The monoisotopic (exact) mass is 127 g/mol. The van der Waals surface area contributed by atoms with E-state index < -0.39 is 5.91 Å². The van der Waals surface area contributed by atoms with Gasteiger partial charge < -0.3 is 5.32 Å². The normalized spacial score (nSPS) is 18.2. The van der Waals surface area contributed by atoms with Crippen LogP contribution in [0.4, 0.5) is 0 Å². The van der Waals surface area contributed by atoms with Gasteiger partial charge in [0.1, 0.15) is 0 Å². The van der Waals surface area contributed by atoms with E-state index in [9.17, 15) is 9.59 Å². The Hall–Kier alpha value is -0.860. The molecule has 0 aliphatic heterocycles. The van der Waals surface area contributed by atoms with Crippen LogP contribution in [0.25, 0.3) is 0 Å². The number of hydrogen-bond acceptors (Lipinski definition) is 2. The highest BCUT2D eigenvalue weighted by molar-refractivity contribution is 6.23. The molecule has 0 heterocycles. The molecule has 1 rings (SSSR count). The van der Waals surface area contributed by atoms with Gasteiger partial charge in [0.05, 0.1) is 0 Å². The Morgan fingerprint density at radius 3 is 2.56 bits per heavy atom. The molecule has 0 aromatic heterocycles. The first-order valence-corrected chi connectivity index (χ1v) is 3.08. The first-order valence-electron chi connectivity index (χ1n) is 3.08. The van der Waals surface area contributed by atoms with Crippen LogP contribution in [0.15, 0.2) is 0 Å². The third-order valence-corrected chi connectivity index (χ3v) is 1.56. The van der Waals surface area contributed by atoms with Gasteiger partial charge in [0.25, 0.3) is 5.91 Å². The molecule has 1 fully saturated rings. The van der Waals surface area contributed by atoms with Gasteiger partial charge in [0, 0.05) is 6.04 Å². The molecular formula is C6H9NO2. The summed E-state index contributed by atoms with van der Waals surface area (Å²) in [6.45, 7) is 0. The largest absolute Gasteiger partial charge is 0.347 e. The molecule has 0 atom stereocenters. The predicted molar refractivity (Wildman–Crippen MR) is 31.8 cm³/mol. The van der Waals surface area contributed by atoms with Crippen molar-refractivity contribution in [3.05, 3.63) is 0 Å². The molecule has 1 amide bonds.